The molecule has 2 heterocycles. The minimum Gasteiger partial charge on any atom is -0.330 e. The predicted octanol–water partition coefficient (Wildman–Crippen LogP) is 3.11. The molecule has 4 nitrogen and oxygen atoms in total. The van der Waals surface area contributed by atoms with Gasteiger partial charge in [-0.3, -0.25) is 4.79 Å². The van der Waals surface area contributed by atoms with Crippen molar-refractivity contribution in [2.24, 2.45) is 5.73 Å². The lowest BCUT2D eigenvalue weighted by atomic mass is 9.95. The number of rotatable bonds is 3. The van der Waals surface area contributed by atoms with Gasteiger partial charge in [-0.05, 0) is 37.0 Å². The highest BCUT2D eigenvalue weighted by atomic mass is 32.1. The van der Waals surface area contributed by atoms with E-state index < -0.39 is 0 Å². The first kappa shape index (κ1) is 15.1. The molecule has 1 atom stereocenters. The monoisotopic (exact) mass is 319 g/mol. The molecule has 0 spiro atoms. The van der Waals surface area contributed by atoms with E-state index in [1.165, 1.54) is 23.5 Å². The average molecular weight is 319 g/mol. The van der Waals surface area contributed by atoms with Crippen molar-refractivity contribution in [2.45, 2.75) is 31.8 Å². The molecule has 1 aliphatic rings. The fraction of sp³-hybridized carbons (Fsp3) is 0.375. The number of aromatic nitrogens is 1. The van der Waals surface area contributed by atoms with Gasteiger partial charge in [-0.2, -0.15) is 0 Å². The van der Waals surface area contributed by atoms with Crippen molar-refractivity contribution in [3.05, 3.63) is 51.7 Å². The lowest BCUT2D eigenvalue weighted by Gasteiger charge is -2.35. The number of likely N-dealkylation sites (tertiary alicyclic amines) is 1. The summed E-state index contributed by atoms with van der Waals surface area (Å²) in [5, 5.41) is 2.53. The van der Waals surface area contributed by atoms with Gasteiger partial charge < -0.3 is 10.6 Å². The number of nitrogens with zero attached hydrogens (tertiary/aromatic N) is 2. The zero-order valence-corrected chi connectivity index (χ0v) is 13.0. The highest BCUT2D eigenvalue weighted by Gasteiger charge is 2.29. The van der Waals surface area contributed by atoms with Crippen LogP contribution >= 0.6 is 11.3 Å². The standard InChI is InChI=1S/C16H18FN3OS/c17-12-6-4-11(5-7-12)14-3-1-2-8-20(14)16(21)13-10-22-15(9-18)19-13/h4-7,10,14H,1-3,8-9,18H2. The normalized spacial score (nSPS) is 18.5. The first-order valence-electron chi connectivity index (χ1n) is 7.40. The second-order valence-electron chi connectivity index (χ2n) is 5.39. The Hall–Kier alpha value is -1.79. The molecule has 1 aromatic carbocycles. The van der Waals surface area contributed by atoms with E-state index in [1.807, 2.05) is 4.90 Å². The molecule has 1 amide bonds. The van der Waals surface area contributed by atoms with Crippen LogP contribution < -0.4 is 5.73 Å². The van der Waals surface area contributed by atoms with Crippen molar-refractivity contribution in [3.8, 4) is 0 Å². The van der Waals surface area contributed by atoms with Crippen LogP contribution in [-0.4, -0.2) is 22.3 Å². The number of carbonyl (C=O) groups excluding carboxylic acids is 1. The fourth-order valence-corrected chi connectivity index (χ4v) is 3.50. The van der Waals surface area contributed by atoms with Crippen LogP contribution in [0.25, 0.3) is 0 Å². The molecule has 0 saturated carbocycles. The Morgan fingerprint density at radius 2 is 2.14 bits per heavy atom. The number of benzene rings is 1. The molecule has 1 aliphatic heterocycles. The summed E-state index contributed by atoms with van der Waals surface area (Å²) in [5.74, 6) is -0.325. The van der Waals surface area contributed by atoms with Crippen molar-refractivity contribution in [1.29, 1.82) is 0 Å². The van der Waals surface area contributed by atoms with Gasteiger partial charge in [0, 0.05) is 18.5 Å². The predicted molar refractivity (Wildman–Crippen MR) is 84.0 cm³/mol. The maximum atomic E-state index is 13.1. The third kappa shape index (κ3) is 3.03. The zero-order chi connectivity index (χ0) is 15.5. The summed E-state index contributed by atoms with van der Waals surface area (Å²) >= 11 is 1.41. The van der Waals surface area contributed by atoms with E-state index in [-0.39, 0.29) is 17.8 Å². The van der Waals surface area contributed by atoms with Crippen LogP contribution in [0.1, 0.15) is 46.4 Å². The van der Waals surface area contributed by atoms with Crippen LogP contribution in [0.15, 0.2) is 29.6 Å². The molecule has 116 valence electrons. The summed E-state index contributed by atoms with van der Waals surface area (Å²) in [6.45, 7) is 1.05. The largest absolute Gasteiger partial charge is 0.330 e. The van der Waals surface area contributed by atoms with Crippen LogP contribution in [0.3, 0.4) is 0 Å². The minimum atomic E-state index is -0.260. The lowest BCUT2D eigenvalue weighted by molar-refractivity contribution is 0.0606. The second kappa shape index (κ2) is 6.54. The summed E-state index contributed by atoms with van der Waals surface area (Å²) in [4.78, 5) is 18.9. The van der Waals surface area contributed by atoms with E-state index in [2.05, 4.69) is 4.98 Å². The number of halogens is 1. The number of piperidine rings is 1. The Kier molecular flexibility index (Phi) is 4.49. The smallest absolute Gasteiger partial charge is 0.273 e. The zero-order valence-electron chi connectivity index (χ0n) is 12.2. The number of hydrogen-bond donors (Lipinski definition) is 1. The summed E-state index contributed by atoms with van der Waals surface area (Å²) in [6.07, 6.45) is 2.94. The molecule has 1 aromatic heterocycles. The van der Waals surface area contributed by atoms with Crippen LogP contribution in [0, 0.1) is 5.82 Å². The van der Waals surface area contributed by atoms with Crippen LogP contribution in [0.5, 0.6) is 0 Å². The van der Waals surface area contributed by atoms with Crippen LogP contribution in [-0.2, 0) is 6.54 Å². The molecule has 0 radical (unpaired) electrons. The van der Waals surface area contributed by atoms with Crippen molar-refractivity contribution < 1.29 is 9.18 Å². The number of hydrogen-bond acceptors (Lipinski definition) is 4. The molecular weight excluding hydrogens is 301 g/mol. The fourth-order valence-electron chi connectivity index (χ4n) is 2.86. The van der Waals surface area contributed by atoms with Gasteiger partial charge >= 0.3 is 0 Å². The molecule has 6 heteroatoms. The van der Waals surface area contributed by atoms with E-state index in [1.54, 1.807) is 17.5 Å². The van der Waals surface area contributed by atoms with Gasteiger partial charge in [0.15, 0.2) is 0 Å². The second-order valence-corrected chi connectivity index (χ2v) is 6.33. The highest BCUT2D eigenvalue weighted by Crippen LogP contribution is 2.32. The van der Waals surface area contributed by atoms with E-state index in [0.717, 1.165) is 29.8 Å². The maximum Gasteiger partial charge on any atom is 0.273 e. The number of carbonyl (C=O) groups is 1. The Bertz CT molecular complexity index is 656. The molecule has 1 unspecified atom stereocenters. The molecule has 2 N–H and O–H groups in total. The first-order valence-corrected chi connectivity index (χ1v) is 8.28. The Morgan fingerprint density at radius 3 is 2.82 bits per heavy atom. The van der Waals surface area contributed by atoms with Crippen LogP contribution in [0.4, 0.5) is 4.39 Å². The molecule has 3 rings (SSSR count). The van der Waals surface area contributed by atoms with E-state index in [4.69, 9.17) is 5.73 Å². The molecule has 1 saturated heterocycles. The highest BCUT2D eigenvalue weighted by molar-refractivity contribution is 7.09. The van der Waals surface area contributed by atoms with Gasteiger partial charge in [0.1, 0.15) is 16.5 Å². The van der Waals surface area contributed by atoms with Gasteiger partial charge in [-0.15, -0.1) is 11.3 Å². The molecule has 22 heavy (non-hydrogen) atoms. The van der Waals surface area contributed by atoms with Gasteiger partial charge in [0.25, 0.3) is 5.91 Å². The topological polar surface area (TPSA) is 59.2 Å². The Morgan fingerprint density at radius 1 is 1.36 bits per heavy atom. The summed E-state index contributed by atoms with van der Waals surface area (Å²) in [5.41, 5.74) is 7.00. The number of nitrogens with two attached hydrogens (primary N) is 1. The summed E-state index contributed by atoms with van der Waals surface area (Å²) in [7, 11) is 0. The minimum absolute atomic E-state index is 0.00937. The molecule has 0 bridgehead atoms. The lowest BCUT2D eigenvalue weighted by Crippen LogP contribution is -2.38. The van der Waals surface area contributed by atoms with Crippen molar-refractivity contribution >= 4 is 17.2 Å². The first-order chi connectivity index (χ1) is 10.7. The van der Waals surface area contributed by atoms with Gasteiger partial charge in [-0.25, -0.2) is 9.37 Å². The van der Waals surface area contributed by atoms with Gasteiger partial charge in [-0.1, -0.05) is 12.1 Å². The van der Waals surface area contributed by atoms with Gasteiger partial charge in [0.05, 0.1) is 6.04 Å². The van der Waals surface area contributed by atoms with E-state index in [9.17, 15) is 9.18 Å². The third-order valence-corrected chi connectivity index (χ3v) is 4.84. The van der Waals surface area contributed by atoms with E-state index >= 15 is 0 Å². The Balaban J connectivity index is 1.85. The quantitative estimate of drug-likeness (QED) is 0.945. The molecule has 1 fully saturated rings. The Labute approximate surface area is 132 Å². The number of amides is 1. The van der Waals surface area contributed by atoms with E-state index in [0.29, 0.717) is 18.8 Å². The summed E-state index contributed by atoms with van der Waals surface area (Å²) in [6, 6.07) is 6.41. The van der Waals surface area contributed by atoms with Gasteiger partial charge in [0.2, 0.25) is 0 Å². The number of thiazole rings is 1. The van der Waals surface area contributed by atoms with Crippen molar-refractivity contribution in [3.63, 3.8) is 0 Å². The maximum absolute atomic E-state index is 13.1. The summed E-state index contributed by atoms with van der Waals surface area (Å²) < 4.78 is 13.1. The third-order valence-electron chi connectivity index (χ3n) is 3.96. The molecule has 2 aromatic rings. The molecular formula is C16H18FN3OS. The SMILES string of the molecule is NCc1nc(C(=O)N2CCCCC2c2ccc(F)cc2)cs1. The average Bonchev–Trinajstić information content (AvgIpc) is 3.04. The van der Waals surface area contributed by atoms with Crippen molar-refractivity contribution in [1.82, 2.24) is 9.88 Å². The van der Waals surface area contributed by atoms with Crippen LogP contribution in [0.2, 0.25) is 0 Å². The van der Waals surface area contributed by atoms with Crippen molar-refractivity contribution in [2.75, 3.05) is 6.54 Å². The molecule has 0 aliphatic carbocycles.